The molecule has 0 saturated heterocycles. The predicted octanol–water partition coefficient (Wildman–Crippen LogP) is 2.43. The molecule has 116 valence electrons. The lowest BCUT2D eigenvalue weighted by atomic mass is 10.1. The van der Waals surface area contributed by atoms with Gasteiger partial charge in [-0.15, -0.1) is 5.10 Å². The molecule has 2 N–H and O–H groups in total. The molecule has 0 radical (unpaired) electrons. The van der Waals surface area contributed by atoms with Crippen LogP contribution in [-0.4, -0.2) is 35.5 Å². The summed E-state index contributed by atoms with van der Waals surface area (Å²) in [4.78, 5) is 0. The molecule has 0 atom stereocenters. The van der Waals surface area contributed by atoms with Crippen LogP contribution in [0.2, 0.25) is 0 Å². The molecule has 0 fully saturated rings. The zero-order chi connectivity index (χ0) is 15.0. The molecule has 1 rings (SSSR count). The van der Waals surface area contributed by atoms with Gasteiger partial charge in [0.25, 0.3) is 0 Å². The number of aromatic nitrogens is 2. The van der Waals surface area contributed by atoms with Gasteiger partial charge in [0.2, 0.25) is 5.89 Å². The first kappa shape index (κ1) is 16.9. The van der Waals surface area contributed by atoms with Crippen molar-refractivity contribution in [2.45, 2.75) is 53.1 Å². The van der Waals surface area contributed by atoms with Gasteiger partial charge in [0, 0.05) is 25.3 Å². The van der Waals surface area contributed by atoms with Gasteiger partial charge in [-0.2, -0.15) is 0 Å². The van der Waals surface area contributed by atoms with Gasteiger partial charge < -0.3 is 19.8 Å². The van der Waals surface area contributed by atoms with Crippen molar-refractivity contribution in [2.24, 2.45) is 5.92 Å². The SMILES string of the molecule is CC(C)COCCCNc1nnc(CNC(C)(C)C)o1. The Hall–Kier alpha value is -1.14. The van der Waals surface area contributed by atoms with Crippen LogP contribution < -0.4 is 10.6 Å². The molecule has 0 bridgehead atoms. The topological polar surface area (TPSA) is 72.2 Å². The highest BCUT2D eigenvalue weighted by atomic mass is 16.5. The number of hydrogen-bond donors (Lipinski definition) is 2. The smallest absolute Gasteiger partial charge is 0.315 e. The first-order valence-electron chi connectivity index (χ1n) is 7.26. The number of ether oxygens (including phenoxy) is 1. The lowest BCUT2D eigenvalue weighted by molar-refractivity contribution is 0.109. The van der Waals surface area contributed by atoms with E-state index in [1.54, 1.807) is 0 Å². The van der Waals surface area contributed by atoms with Gasteiger partial charge in [0.15, 0.2) is 0 Å². The van der Waals surface area contributed by atoms with Gasteiger partial charge in [-0.05, 0) is 33.1 Å². The van der Waals surface area contributed by atoms with E-state index in [9.17, 15) is 0 Å². The average molecular weight is 284 g/mol. The molecule has 0 saturated carbocycles. The fourth-order valence-electron chi connectivity index (χ4n) is 1.43. The van der Waals surface area contributed by atoms with E-state index in [-0.39, 0.29) is 5.54 Å². The minimum Gasteiger partial charge on any atom is -0.407 e. The van der Waals surface area contributed by atoms with Crippen molar-refractivity contribution in [3.05, 3.63) is 5.89 Å². The summed E-state index contributed by atoms with van der Waals surface area (Å²) in [5.41, 5.74) is 0.0375. The summed E-state index contributed by atoms with van der Waals surface area (Å²) >= 11 is 0. The Kier molecular flexibility index (Phi) is 6.95. The molecule has 0 amide bonds. The average Bonchev–Trinajstić information content (AvgIpc) is 2.78. The molecule has 0 aliphatic carbocycles. The molecule has 0 spiro atoms. The van der Waals surface area contributed by atoms with Gasteiger partial charge in [-0.3, -0.25) is 0 Å². The van der Waals surface area contributed by atoms with E-state index in [0.717, 1.165) is 26.2 Å². The summed E-state index contributed by atoms with van der Waals surface area (Å²) in [6.45, 7) is 13.5. The Morgan fingerprint density at radius 3 is 2.65 bits per heavy atom. The van der Waals surface area contributed by atoms with Gasteiger partial charge in [-0.25, -0.2) is 0 Å². The largest absolute Gasteiger partial charge is 0.407 e. The monoisotopic (exact) mass is 284 g/mol. The van der Waals surface area contributed by atoms with Crippen molar-refractivity contribution in [3.63, 3.8) is 0 Å². The summed E-state index contributed by atoms with van der Waals surface area (Å²) in [7, 11) is 0. The van der Waals surface area contributed by atoms with Crippen LogP contribution in [0.1, 0.15) is 46.9 Å². The molecule has 6 nitrogen and oxygen atoms in total. The third kappa shape index (κ3) is 8.12. The van der Waals surface area contributed by atoms with Crippen molar-refractivity contribution in [1.29, 1.82) is 0 Å². The summed E-state index contributed by atoms with van der Waals surface area (Å²) in [5.74, 6) is 1.18. The second-order valence-electron chi connectivity index (χ2n) is 6.35. The molecule has 0 aliphatic heterocycles. The Morgan fingerprint density at radius 2 is 2.00 bits per heavy atom. The third-order valence-electron chi connectivity index (χ3n) is 2.43. The molecule has 1 aromatic rings. The van der Waals surface area contributed by atoms with Gasteiger partial charge in [-0.1, -0.05) is 18.9 Å². The zero-order valence-electron chi connectivity index (χ0n) is 13.3. The van der Waals surface area contributed by atoms with Crippen LogP contribution in [0.5, 0.6) is 0 Å². The lowest BCUT2D eigenvalue weighted by Crippen LogP contribution is -2.35. The van der Waals surface area contributed by atoms with E-state index in [1.807, 2.05) is 0 Å². The first-order chi connectivity index (χ1) is 9.37. The molecule has 0 aromatic carbocycles. The number of anilines is 1. The lowest BCUT2D eigenvalue weighted by Gasteiger charge is -2.18. The predicted molar refractivity (Wildman–Crippen MR) is 79.7 cm³/mol. The minimum atomic E-state index is 0.0375. The van der Waals surface area contributed by atoms with Crippen molar-refractivity contribution in [2.75, 3.05) is 25.1 Å². The maximum atomic E-state index is 5.50. The van der Waals surface area contributed by atoms with E-state index in [1.165, 1.54) is 0 Å². The van der Waals surface area contributed by atoms with Crippen molar-refractivity contribution < 1.29 is 9.15 Å². The Balaban J connectivity index is 2.14. The number of rotatable bonds is 9. The van der Waals surface area contributed by atoms with Crippen LogP contribution in [-0.2, 0) is 11.3 Å². The molecular formula is C14H28N4O2. The van der Waals surface area contributed by atoms with E-state index in [4.69, 9.17) is 9.15 Å². The summed E-state index contributed by atoms with van der Waals surface area (Å²) < 4.78 is 11.0. The summed E-state index contributed by atoms with van der Waals surface area (Å²) in [6.07, 6.45) is 0.921. The van der Waals surface area contributed by atoms with Gasteiger partial charge in [0.05, 0.1) is 6.54 Å². The molecule has 1 heterocycles. The van der Waals surface area contributed by atoms with Gasteiger partial charge in [0.1, 0.15) is 0 Å². The number of nitrogens with zero attached hydrogens (tertiary/aromatic N) is 2. The third-order valence-corrected chi connectivity index (χ3v) is 2.43. The molecular weight excluding hydrogens is 256 g/mol. The van der Waals surface area contributed by atoms with E-state index < -0.39 is 0 Å². The van der Waals surface area contributed by atoms with Crippen molar-refractivity contribution >= 4 is 6.01 Å². The van der Waals surface area contributed by atoms with Crippen LogP contribution in [0.25, 0.3) is 0 Å². The normalized spacial score (nSPS) is 12.1. The molecule has 20 heavy (non-hydrogen) atoms. The van der Waals surface area contributed by atoms with Crippen LogP contribution in [0, 0.1) is 5.92 Å². The first-order valence-corrected chi connectivity index (χ1v) is 7.26. The maximum absolute atomic E-state index is 5.50. The van der Waals surface area contributed by atoms with Crippen LogP contribution in [0.15, 0.2) is 4.42 Å². The van der Waals surface area contributed by atoms with Crippen LogP contribution in [0.4, 0.5) is 6.01 Å². The molecule has 1 aromatic heterocycles. The maximum Gasteiger partial charge on any atom is 0.315 e. The van der Waals surface area contributed by atoms with Crippen LogP contribution in [0.3, 0.4) is 0 Å². The Labute approximate surface area is 121 Å². The van der Waals surface area contributed by atoms with E-state index in [2.05, 4.69) is 55.4 Å². The van der Waals surface area contributed by atoms with E-state index >= 15 is 0 Å². The van der Waals surface area contributed by atoms with E-state index in [0.29, 0.717) is 24.4 Å². The second kappa shape index (κ2) is 8.21. The second-order valence-corrected chi connectivity index (χ2v) is 6.35. The number of hydrogen-bond acceptors (Lipinski definition) is 6. The Morgan fingerprint density at radius 1 is 1.25 bits per heavy atom. The highest BCUT2D eigenvalue weighted by Crippen LogP contribution is 2.07. The highest BCUT2D eigenvalue weighted by Gasteiger charge is 2.11. The molecule has 0 unspecified atom stereocenters. The molecule has 0 aliphatic rings. The van der Waals surface area contributed by atoms with Crippen molar-refractivity contribution in [3.8, 4) is 0 Å². The summed E-state index contributed by atoms with van der Waals surface area (Å²) in [5, 5.41) is 14.3. The summed E-state index contributed by atoms with van der Waals surface area (Å²) in [6, 6.07) is 0.472. The Bertz CT molecular complexity index is 371. The quantitative estimate of drug-likeness (QED) is 0.679. The van der Waals surface area contributed by atoms with Crippen molar-refractivity contribution in [1.82, 2.24) is 15.5 Å². The fraction of sp³-hybridized carbons (Fsp3) is 0.857. The van der Waals surface area contributed by atoms with Crippen LogP contribution >= 0.6 is 0 Å². The minimum absolute atomic E-state index is 0.0375. The standard InChI is InChI=1S/C14H28N4O2/c1-11(2)10-19-8-6-7-15-13-18-17-12(20-13)9-16-14(3,4)5/h11,16H,6-10H2,1-5H3,(H,15,18). The van der Waals surface area contributed by atoms with Gasteiger partial charge >= 0.3 is 6.01 Å². The highest BCUT2D eigenvalue weighted by molar-refractivity contribution is 5.16. The molecule has 6 heteroatoms. The zero-order valence-corrected chi connectivity index (χ0v) is 13.3. The number of nitrogens with one attached hydrogen (secondary N) is 2. The fourth-order valence-corrected chi connectivity index (χ4v) is 1.43.